The van der Waals surface area contributed by atoms with Crippen molar-refractivity contribution in [2.24, 2.45) is 7.05 Å². The fraction of sp³-hybridized carbons (Fsp3) is 0.312. The van der Waals surface area contributed by atoms with Gasteiger partial charge in [0.1, 0.15) is 5.76 Å². The number of aryl methyl sites for hydroxylation is 1. The molecule has 0 saturated heterocycles. The van der Waals surface area contributed by atoms with Crippen molar-refractivity contribution in [2.75, 3.05) is 7.05 Å². The average Bonchev–Trinajstić information content (AvgIpc) is 3.26. The third-order valence-electron chi connectivity index (χ3n) is 3.84. The molecule has 0 N–H and O–H groups in total. The van der Waals surface area contributed by atoms with Gasteiger partial charge in [-0.15, -0.1) is 0 Å². The zero-order chi connectivity index (χ0) is 16.4. The van der Waals surface area contributed by atoms with Gasteiger partial charge >= 0.3 is 0 Å². The number of nitrogens with zero attached hydrogens (tertiary/aromatic N) is 5. The minimum absolute atomic E-state index is 0.153. The second-order valence-electron chi connectivity index (χ2n) is 5.51. The van der Waals surface area contributed by atoms with Crippen molar-refractivity contribution in [3.63, 3.8) is 0 Å². The summed E-state index contributed by atoms with van der Waals surface area (Å²) in [6.45, 7) is 2.98. The zero-order valence-corrected chi connectivity index (χ0v) is 13.4. The van der Waals surface area contributed by atoms with E-state index >= 15 is 0 Å². The van der Waals surface area contributed by atoms with Crippen molar-refractivity contribution in [1.82, 2.24) is 24.5 Å². The monoisotopic (exact) mass is 313 g/mol. The van der Waals surface area contributed by atoms with E-state index in [1.807, 2.05) is 26.2 Å². The van der Waals surface area contributed by atoms with Crippen LogP contribution in [0, 0.1) is 6.92 Å². The summed E-state index contributed by atoms with van der Waals surface area (Å²) in [5.41, 5.74) is 2.06. The topological polar surface area (TPSA) is 69.1 Å². The molecule has 0 bridgehead atoms. The van der Waals surface area contributed by atoms with Gasteiger partial charge in [0.2, 0.25) is 0 Å². The van der Waals surface area contributed by atoms with Gasteiger partial charge in [0.05, 0.1) is 12.7 Å². The molecule has 3 rings (SSSR count). The summed E-state index contributed by atoms with van der Waals surface area (Å²) in [4.78, 5) is 14.1. The van der Waals surface area contributed by atoms with Crippen LogP contribution in [0.15, 0.2) is 41.2 Å². The van der Waals surface area contributed by atoms with Crippen molar-refractivity contribution in [2.45, 2.75) is 20.0 Å². The predicted octanol–water partition coefficient (Wildman–Crippen LogP) is 1.84. The first kappa shape index (κ1) is 15.1. The highest BCUT2D eigenvalue weighted by molar-refractivity contribution is 5.91. The summed E-state index contributed by atoms with van der Waals surface area (Å²) in [6, 6.07) is 5.35. The minimum Gasteiger partial charge on any atom is -0.454 e. The molecule has 3 aromatic rings. The van der Waals surface area contributed by atoms with Gasteiger partial charge in [-0.2, -0.15) is 10.2 Å². The molecule has 1 amide bonds. The Bertz CT molecular complexity index is 800. The molecule has 7 nitrogen and oxygen atoms in total. The van der Waals surface area contributed by atoms with Gasteiger partial charge in [0.25, 0.3) is 5.91 Å². The van der Waals surface area contributed by atoms with Crippen molar-refractivity contribution < 1.29 is 9.21 Å². The summed E-state index contributed by atoms with van der Waals surface area (Å²) >= 11 is 0. The van der Waals surface area contributed by atoms with Crippen LogP contribution in [0.4, 0.5) is 0 Å². The molecular formula is C16H19N5O2. The second kappa shape index (κ2) is 6.12. The Morgan fingerprint density at radius 3 is 2.83 bits per heavy atom. The average molecular weight is 313 g/mol. The molecule has 0 spiro atoms. The summed E-state index contributed by atoms with van der Waals surface area (Å²) in [7, 11) is 3.64. The molecule has 0 aliphatic rings. The van der Waals surface area contributed by atoms with Gasteiger partial charge in [-0.05, 0) is 25.1 Å². The van der Waals surface area contributed by atoms with E-state index in [9.17, 15) is 4.79 Å². The first-order chi connectivity index (χ1) is 11.0. The van der Waals surface area contributed by atoms with Crippen LogP contribution in [0.1, 0.15) is 27.6 Å². The maximum atomic E-state index is 12.5. The number of furan rings is 1. The van der Waals surface area contributed by atoms with Crippen LogP contribution in [0.3, 0.4) is 0 Å². The van der Waals surface area contributed by atoms with E-state index < -0.39 is 0 Å². The molecule has 0 fully saturated rings. The third kappa shape index (κ3) is 3.18. The number of hydrogen-bond donors (Lipinski definition) is 0. The lowest BCUT2D eigenvalue weighted by Gasteiger charge is -2.15. The van der Waals surface area contributed by atoms with Crippen LogP contribution in [-0.4, -0.2) is 37.4 Å². The first-order valence-corrected chi connectivity index (χ1v) is 7.33. The van der Waals surface area contributed by atoms with E-state index in [0.29, 0.717) is 24.6 Å². The first-order valence-electron chi connectivity index (χ1n) is 7.33. The molecule has 7 heteroatoms. The number of carbonyl (C=O) groups is 1. The number of carbonyl (C=O) groups excluding carboxylic acids is 1. The van der Waals surface area contributed by atoms with Crippen molar-refractivity contribution in [1.29, 1.82) is 0 Å². The lowest BCUT2D eigenvalue weighted by molar-refractivity contribution is 0.0751. The highest BCUT2D eigenvalue weighted by atomic mass is 16.4. The number of rotatable bonds is 5. The van der Waals surface area contributed by atoms with Crippen molar-refractivity contribution in [3.05, 3.63) is 59.6 Å². The van der Waals surface area contributed by atoms with Gasteiger partial charge in [-0.3, -0.25) is 14.2 Å². The normalized spacial score (nSPS) is 10.9. The number of hydrogen-bond acceptors (Lipinski definition) is 4. The van der Waals surface area contributed by atoms with Crippen LogP contribution >= 0.6 is 0 Å². The standard InChI is InChI=1S/C16H19N5O2/c1-12-13(9-18-20(12)3)10-19(2)16(22)15-6-5-14(23-15)11-21-8-4-7-17-21/h4-9H,10-11H2,1-3H3. The molecule has 0 aromatic carbocycles. The lowest BCUT2D eigenvalue weighted by Crippen LogP contribution is -2.26. The summed E-state index contributed by atoms with van der Waals surface area (Å²) in [6.07, 6.45) is 5.34. The van der Waals surface area contributed by atoms with Crippen LogP contribution in [0.25, 0.3) is 0 Å². The third-order valence-corrected chi connectivity index (χ3v) is 3.84. The molecule has 3 heterocycles. The van der Waals surface area contributed by atoms with E-state index in [2.05, 4.69) is 10.2 Å². The summed E-state index contributed by atoms with van der Waals surface area (Å²) in [5, 5.41) is 8.31. The zero-order valence-electron chi connectivity index (χ0n) is 13.4. The van der Waals surface area contributed by atoms with Gasteiger partial charge in [0.15, 0.2) is 5.76 Å². The highest BCUT2D eigenvalue weighted by Crippen LogP contribution is 2.14. The summed E-state index contributed by atoms with van der Waals surface area (Å²) in [5.74, 6) is 0.874. The Kier molecular flexibility index (Phi) is 4.01. The molecule has 0 aliphatic heterocycles. The van der Waals surface area contributed by atoms with Crippen molar-refractivity contribution >= 4 is 5.91 Å². The van der Waals surface area contributed by atoms with Crippen molar-refractivity contribution in [3.8, 4) is 0 Å². The van der Waals surface area contributed by atoms with Gasteiger partial charge in [-0.1, -0.05) is 0 Å². The van der Waals surface area contributed by atoms with E-state index in [0.717, 1.165) is 11.3 Å². The highest BCUT2D eigenvalue weighted by Gasteiger charge is 2.18. The Balaban J connectivity index is 1.67. The molecule has 3 aromatic heterocycles. The Hall–Kier alpha value is -2.83. The Morgan fingerprint density at radius 1 is 1.35 bits per heavy atom. The van der Waals surface area contributed by atoms with Gasteiger partial charge in [-0.25, -0.2) is 0 Å². The second-order valence-corrected chi connectivity index (χ2v) is 5.51. The van der Waals surface area contributed by atoms with Crippen LogP contribution in [0.2, 0.25) is 0 Å². The molecule has 120 valence electrons. The summed E-state index contributed by atoms with van der Waals surface area (Å²) < 4.78 is 9.18. The molecular weight excluding hydrogens is 294 g/mol. The molecule has 0 saturated carbocycles. The van der Waals surface area contributed by atoms with E-state index in [1.165, 1.54) is 0 Å². The minimum atomic E-state index is -0.153. The van der Waals surface area contributed by atoms with Crippen LogP contribution < -0.4 is 0 Å². The van der Waals surface area contributed by atoms with Gasteiger partial charge in [0, 0.05) is 44.3 Å². The predicted molar refractivity (Wildman–Crippen MR) is 83.8 cm³/mol. The number of aromatic nitrogens is 4. The molecule has 0 unspecified atom stereocenters. The lowest BCUT2D eigenvalue weighted by atomic mass is 10.2. The van der Waals surface area contributed by atoms with E-state index in [-0.39, 0.29) is 5.91 Å². The largest absolute Gasteiger partial charge is 0.454 e. The molecule has 0 atom stereocenters. The maximum absolute atomic E-state index is 12.5. The quantitative estimate of drug-likeness (QED) is 0.721. The SMILES string of the molecule is Cc1c(CN(C)C(=O)c2ccc(Cn3cccn3)o2)cnn1C. The van der Waals surface area contributed by atoms with Crippen LogP contribution in [0.5, 0.6) is 0 Å². The Labute approximate surface area is 134 Å². The smallest absolute Gasteiger partial charge is 0.289 e. The molecule has 23 heavy (non-hydrogen) atoms. The molecule has 0 aliphatic carbocycles. The van der Waals surface area contributed by atoms with E-state index in [1.54, 1.807) is 45.8 Å². The number of amides is 1. The fourth-order valence-corrected chi connectivity index (χ4v) is 2.35. The fourth-order valence-electron chi connectivity index (χ4n) is 2.35. The Morgan fingerprint density at radius 2 is 2.17 bits per heavy atom. The van der Waals surface area contributed by atoms with E-state index in [4.69, 9.17) is 4.42 Å². The van der Waals surface area contributed by atoms with Gasteiger partial charge < -0.3 is 9.32 Å². The molecule has 0 radical (unpaired) electrons. The van der Waals surface area contributed by atoms with Crippen LogP contribution in [-0.2, 0) is 20.1 Å². The maximum Gasteiger partial charge on any atom is 0.289 e.